The van der Waals surface area contributed by atoms with E-state index >= 15 is 0 Å². The summed E-state index contributed by atoms with van der Waals surface area (Å²) in [6, 6.07) is 10.3. The molecule has 0 aliphatic rings. The highest BCUT2D eigenvalue weighted by Gasteiger charge is 2.19. The van der Waals surface area contributed by atoms with E-state index in [-0.39, 0.29) is 25.4 Å². The quantitative estimate of drug-likeness (QED) is 0.786. The van der Waals surface area contributed by atoms with Gasteiger partial charge in [-0.1, -0.05) is 0 Å². The highest BCUT2D eigenvalue weighted by atomic mass is 32.2. The van der Waals surface area contributed by atoms with E-state index in [4.69, 9.17) is 9.15 Å². The van der Waals surface area contributed by atoms with Gasteiger partial charge in [0.2, 0.25) is 15.9 Å². The molecular formula is C16H20N2O5S. The molecule has 0 spiro atoms. The molecule has 0 fully saturated rings. The van der Waals surface area contributed by atoms with Crippen LogP contribution in [-0.4, -0.2) is 38.5 Å². The number of amides is 1. The Kier molecular flexibility index (Phi) is 5.99. The van der Waals surface area contributed by atoms with E-state index in [9.17, 15) is 13.2 Å². The standard InChI is InChI=1S/C16H20N2O5S/c1-22-14-7-5-13(6-8-14)17-16(19)9-10-18(24(2,20)21)12-15-4-3-11-23-15/h3-8,11H,9-10,12H2,1-2H3,(H,17,19). The molecule has 8 heteroatoms. The van der Waals surface area contributed by atoms with Crippen LogP contribution in [0.5, 0.6) is 5.75 Å². The van der Waals surface area contributed by atoms with Crippen LogP contribution < -0.4 is 10.1 Å². The zero-order valence-corrected chi connectivity index (χ0v) is 14.4. The number of ether oxygens (including phenoxy) is 1. The number of nitrogens with one attached hydrogen (secondary N) is 1. The van der Waals surface area contributed by atoms with Crippen LogP contribution >= 0.6 is 0 Å². The van der Waals surface area contributed by atoms with Crippen LogP contribution in [0.25, 0.3) is 0 Å². The van der Waals surface area contributed by atoms with Gasteiger partial charge < -0.3 is 14.5 Å². The van der Waals surface area contributed by atoms with Gasteiger partial charge in [0.15, 0.2) is 0 Å². The molecule has 0 radical (unpaired) electrons. The first-order valence-electron chi connectivity index (χ1n) is 7.30. The van der Waals surface area contributed by atoms with E-state index in [1.165, 1.54) is 10.6 Å². The summed E-state index contributed by atoms with van der Waals surface area (Å²) in [5.74, 6) is 0.943. The highest BCUT2D eigenvalue weighted by Crippen LogP contribution is 2.15. The van der Waals surface area contributed by atoms with Crippen molar-refractivity contribution in [2.24, 2.45) is 0 Å². The van der Waals surface area contributed by atoms with Crippen LogP contribution in [0.15, 0.2) is 47.1 Å². The third-order valence-corrected chi connectivity index (χ3v) is 4.59. The van der Waals surface area contributed by atoms with Crippen LogP contribution in [0.2, 0.25) is 0 Å². The van der Waals surface area contributed by atoms with Crippen molar-refractivity contribution < 1.29 is 22.4 Å². The van der Waals surface area contributed by atoms with Crippen LogP contribution in [0.1, 0.15) is 12.2 Å². The third-order valence-electron chi connectivity index (χ3n) is 3.34. The van der Waals surface area contributed by atoms with Crippen LogP contribution in [0.3, 0.4) is 0 Å². The molecule has 2 rings (SSSR count). The summed E-state index contributed by atoms with van der Waals surface area (Å²) in [7, 11) is -1.88. The predicted octanol–water partition coefficient (Wildman–Crippen LogP) is 2.08. The number of furan rings is 1. The van der Waals surface area contributed by atoms with Crippen molar-refractivity contribution in [3.8, 4) is 5.75 Å². The van der Waals surface area contributed by atoms with Gasteiger partial charge in [0.05, 0.1) is 26.2 Å². The molecule has 1 heterocycles. The van der Waals surface area contributed by atoms with Gasteiger partial charge in [-0.15, -0.1) is 0 Å². The number of methoxy groups -OCH3 is 1. The van der Waals surface area contributed by atoms with E-state index in [1.54, 1.807) is 43.5 Å². The monoisotopic (exact) mass is 352 g/mol. The molecule has 1 N–H and O–H groups in total. The largest absolute Gasteiger partial charge is 0.497 e. The fourth-order valence-corrected chi connectivity index (χ4v) is 2.85. The first-order chi connectivity index (χ1) is 11.4. The highest BCUT2D eigenvalue weighted by molar-refractivity contribution is 7.88. The number of hydrogen-bond donors (Lipinski definition) is 1. The van der Waals surface area contributed by atoms with Crippen LogP contribution in [0.4, 0.5) is 5.69 Å². The Morgan fingerprint density at radius 1 is 1.25 bits per heavy atom. The van der Waals surface area contributed by atoms with Gasteiger partial charge in [-0.3, -0.25) is 4.79 Å². The molecular weight excluding hydrogens is 332 g/mol. The fraction of sp³-hybridized carbons (Fsp3) is 0.312. The lowest BCUT2D eigenvalue weighted by molar-refractivity contribution is -0.116. The first kappa shape index (κ1) is 18.0. The van der Waals surface area contributed by atoms with Gasteiger partial charge in [0.25, 0.3) is 0 Å². The van der Waals surface area contributed by atoms with Gasteiger partial charge in [-0.05, 0) is 36.4 Å². The van der Waals surface area contributed by atoms with E-state index in [0.29, 0.717) is 17.2 Å². The molecule has 1 aromatic carbocycles. The summed E-state index contributed by atoms with van der Waals surface area (Å²) in [5, 5.41) is 2.72. The van der Waals surface area contributed by atoms with Crippen molar-refractivity contribution >= 4 is 21.6 Å². The SMILES string of the molecule is COc1ccc(NC(=O)CCN(Cc2ccco2)S(C)(=O)=O)cc1. The Morgan fingerprint density at radius 2 is 1.96 bits per heavy atom. The second-order valence-electron chi connectivity index (χ2n) is 5.20. The number of nitrogens with zero attached hydrogens (tertiary/aromatic N) is 1. The van der Waals surface area contributed by atoms with E-state index in [2.05, 4.69) is 5.32 Å². The molecule has 24 heavy (non-hydrogen) atoms. The summed E-state index contributed by atoms with van der Waals surface area (Å²) in [6.45, 7) is 0.170. The predicted molar refractivity (Wildman–Crippen MR) is 90.2 cm³/mol. The average molecular weight is 352 g/mol. The fourth-order valence-electron chi connectivity index (χ4n) is 2.06. The molecule has 2 aromatic rings. The van der Waals surface area contributed by atoms with Crippen molar-refractivity contribution in [2.75, 3.05) is 25.2 Å². The number of carbonyl (C=O) groups is 1. The number of carbonyl (C=O) groups excluding carboxylic acids is 1. The normalized spacial score (nSPS) is 11.5. The van der Waals surface area contributed by atoms with Crippen molar-refractivity contribution in [3.63, 3.8) is 0 Å². The Hall–Kier alpha value is -2.32. The molecule has 0 saturated carbocycles. The van der Waals surface area contributed by atoms with Crippen molar-refractivity contribution in [1.29, 1.82) is 0 Å². The lowest BCUT2D eigenvalue weighted by atomic mass is 10.3. The molecule has 0 unspecified atom stereocenters. The van der Waals surface area contributed by atoms with Crippen LogP contribution in [0, 0.1) is 0 Å². The van der Waals surface area contributed by atoms with Gasteiger partial charge in [0.1, 0.15) is 11.5 Å². The summed E-state index contributed by atoms with van der Waals surface area (Å²) < 4.78 is 35.1. The summed E-state index contributed by atoms with van der Waals surface area (Å²) >= 11 is 0. The molecule has 0 atom stereocenters. The lowest BCUT2D eigenvalue weighted by Crippen LogP contribution is -2.32. The van der Waals surface area contributed by atoms with E-state index < -0.39 is 10.0 Å². The molecule has 0 aliphatic heterocycles. The zero-order valence-electron chi connectivity index (χ0n) is 13.6. The minimum atomic E-state index is -3.44. The number of sulfonamides is 1. The number of anilines is 1. The van der Waals surface area contributed by atoms with Crippen molar-refractivity contribution in [3.05, 3.63) is 48.4 Å². The smallest absolute Gasteiger partial charge is 0.225 e. The molecule has 1 aromatic heterocycles. The summed E-state index contributed by atoms with van der Waals surface area (Å²) in [4.78, 5) is 12.0. The van der Waals surface area contributed by atoms with Crippen molar-refractivity contribution in [2.45, 2.75) is 13.0 Å². The first-order valence-corrected chi connectivity index (χ1v) is 9.15. The topological polar surface area (TPSA) is 88.8 Å². The van der Waals surface area contributed by atoms with Gasteiger partial charge in [-0.2, -0.15) is 4.31 Å². The average Bonchev–Trinajstić information content (AvgIpc) is 3.04. The minimum absolute atomic E-state index is 0.0415. The molecule has 1 amide bonds. The zero-order chi connectivity index (χ0) is 17.6. The molecule has 0 bridgehead atoms. The summed E-state index contributed by atoms with van der Waals surface area (Å²) in [5.41, 5.74) is 0.623. The molecule has 0 aliphatic carbocycles. The van der Waals surface area contributed by atoms with E-state index in [0.717, 1.165) is 6.26 Å². The summed E-state index contributed by atoms with van der Waals surface area (Å²) in [6.07, 6.45) is 2.63. The van der Waals surface area contributed by atoms with Crippen LogP contribution in [-0.2, 0) is 21.4 Å². The number of rotatable bonds is 8. The van der Waals surface area contributed by atoms with Gasteiger partial charge in [-0.25, -0.2) is 8.42 Å². The maximum absolute atomic E-state index is 12.0. The lowest BCUT2D eigenvalue weighted by Gasteiger charge is -2.18. The van der Waals surface area contributed by atoms with Gasteiger partial charge >= 0.3 is 0 Å². The van der Waals surface area contributed by atoms with Crippen molar-refractivity contribution in [1.82, 2.24) is 4.31 Å². The Morgan fingerprint density at radius 3 is 2.50 bits per heavy atom. The second kappa shape index (κ2) is 7.98. The maximum atomic E-state index is 12.0. The second-order valence-corrected chi connectivity index (χ2v) is 7.19. The molecule has 0 saturated heterocycles. The Labute approximate surface area is 141 Å². The van der Waals surface area contributed by atoms with Gasteiger partial charge in [0, 0.05) is 18.7 Å². The number of benzene rings is 1. The van der Waals surface area contributed by atoms with E-state index in [1.807, 2.05) is 0 Å². The number of hydrogen-bond acceptors (Lipinski definition) is 5. The Balaban J connectivity index is 1.91. The Bertz CT molecular complexity index is 754. The maximum Gasteiger partial charge on any atom is 0.225 e. The molecule has 7 nitrogen and oxygen atoms in total. The third kappa shape index (κ3) is 5.39. The molecule has 130 valence electrons. The minimum Gasteiger partial charge on any atom is -0.497 e.